The van der Waals surface area contributed by atoms with E-state index >= 15 is 0 Å². The Kier molecular flexibility index (Phi) is 7.33. The van der Waals surface area contributed by atoms with Gasteiger partial charge in [0.15, 0.2) is 5.82 Å². The van der Waals surface area contributed by atoms with E-state index in [1.165, 1.54) is 23.9 Å². The Hall–Kier alpha value is -3.27. The van der Waals surface area contributed by atoms with Crippen LogP contribution in [0.2, 0.25) is 0 Å². The molecule has 1 saturated heterocycles. The van der Waals surface area contributed by atoms with Crippen molar-refractivity contribution in [2.75, 3.05) is 29.9 Å². The second-order valence-corrected chi connectivity index (χ2v) is 8.67. The minimum Gasteiger partial charge on any atom is -0.371 e. The van der Waals surface area contributed by atoms with E-state index in [0.717, 1.165) is 32.4 Å². The Morgan fingerprint density at radius 3 is 2.58 bits per heavy atom. The standard InChI is InChI=1S/C23H24BrFN6O2/c24-19-20(29-30-21(19)28-22(32)17-3-1-2-4-18(17)25)23(33)27-12-5-15-8-13-31(14-9-15)16-6-10-26-11-7-16/h1-4,6-7,10-11,15H,5,8-9,12-14H2,(H,27,33)(H2,28,29,30,32). The number of hydrogen-bond donors (Lipinski definition) is 3. The number of amides is 2. The zero-order chi connectivity index (χ0) is 23.2. The van der Waals surface area contributed by atoms with Crippen LogP contribution < -0.4 is 15.5 Å². The van der Waals surface area contributed by atoms with Crippen LogP contribution >= 0.6 is 15.9 Å². The number of benzene rings is 1. The number of pyridine rings is 1. The molecule has 8 nitrogen and oxygen atoms in total. The van der Waals surface area contributed by atoms with Gasteiger partial charge < -0.3 is 15.5 Å². The molecule has 10 heteroatoms. The summed E-state index contributed by atoms with van der Waals surface area (Å²) in [5.74, 6) is -0.937. The first kappa shape index (κ1) is 22.9. The van der Waals surface area contributed by atoms with E-state index in [1.807, 2.05) is 12.1 Å². The van der Waals surface area contributed by atoms with Crippen molar-refractivity contribution in [1.29, 1.82) is 0 Å². The van der Waals surface area contributed by atoms with Crippen molar-refractivity contribution in [3.8, 4) is 0 Å². The van der Waals surface area contributed by atoms with Gasteiger partial charge in [-0.05, 0) is 65.4 Å². The fraction of sp³-hybridized carbons (Fsp3) is 0.304. The maximum atomic E-state index is 13.8. The van der Waals surface area contributed by atoms with E-state index in [4.69, 9.17) is 0 Å². The van der Waals surface area contributed by atoms with Crippen molar-refractivity contribution in [3.63, 3.8) is 0 Å². The third-order valence-corrected chi connectivity index (χ3v) is 6.54. The molecule has 0 radical (unpaired) electrons. The topological polar surface area (TPSA) is 103 Å². The largest absolute Gasteiger partial charge is 0.371 e. The highest BCUT2D eigenvalue weighted by molar-refractivity contribution is 9.10. The van der Waals surface area contributed by atoms with Crippen molar-refractivity contribution in [1.82, 2.24) is 20.5 Å². The molecule has 0 aliphatic carbocycles. The molecular formula is C23H24BrFN6O2. The lowest BCUT2D eigenvalue weighted by Crippen LogP contribution is -2.35. The smallest absolute Gasteiger partial charge is 0.270 e. The highest BCUT2D eigenvalue weighted by atomic mass is 79.9. The second kappa shape index (κ2) is 10.6. The van der Waals surface area contributed by atoms with Gasteiger partial charge in [-0.2, -0.15) is 5.10 Å². The summed E-state index contributed by atoms with van der Waals surface area (Å²) in [5, 5.41) is 12.0. The van der Waals surface area contributed by atoms with Crippen molar-refractivity contribution in [3.05, 3.63) is 70.3 Å². The van der Waals surface area contributed by atoms with E-state index in [-0.39, 0.29) is 23.0 Å². The average Bonchev–Trinajstić information content (AvgIpc) is 3.20. The van der Waals surface area contributed by atoms with E-state index in [0.29, 0.717) is 16.9 Å². The highest BCUT2D eigenvalue weighted by Gasteiger charge is 2.22. The summed E-state index contributed by atoms with van der Waals surface area (Å²) in [6.07, 6.45) is 6.64. The molecule has 3 aromatic rings. The van der Waals surface area contributed by atoms with Crippen LogP contribution in [0.1, 0.15) is 40.1 Å². The lowest BCUT2D eigenvalue weighted by atomic mass is 9.93. The number of piperidine rings is 1. The van der Waals surface area contributed by atoms with Gasteiger partial charge in [0.05, 0.1) is 10.0 Å². The van der Waals surface area contributed by atoms with E-state index in [1.54, 1.807) is 18.5 Å². The normalized spacial score (nSPS) is 14.2. The lowest BCUT2D eigenvalue weighted by molar-refractivity contribution is 0.0944. The fourth-order valence-corrected chi connectivity index (χ4v) is 4.35. The second-order valence-electron chi connectivity index (χ2n) is 7.88. The van der Waals surface area contributed by atoms with Crippen LogP contribution in [-0.4, -0.2) is 46.6 Å². The first-order valence-electron chi connectivity index (χ1n) is 10.8. The number of nitrogens with zero attached hydrogens (tertiary/aromatic N) is 3. The minimum atomic E-state index is -0.648. The molecule has 0 atom stereocenters. The SMILES string of the molecule is O=C(Nc1n[nH]c(C(=O)NCCC2CCN(c3ccncc3)CC2)c1Br)c1ccccc1F. The molecule has 4 rings (SSSR count). The first-order valence-corrected chi connectivity index (χ1v) is 11.5. The van der Waals surface area contributed by atoms with Gasteiger partial charge in [0, 0.05) is 37.7 Å². The van der Waals surface area contributed by atoms with Crippen LogP contribution in [0.4, 0.5) is 15.9 Å². The molecule has 33 heavy (non-hydrogen) atoms. The maximum absolute atomic E-state index is 13.8. The van der Waals surface area contributed by atoms with Gasteiger partial charge in [-0.3, -0.25) is 19.7 Å². The van der Waals surface area contributed by atoms with Crippen LogP contribution in [0.15, 0.2) is 53.3 Å². The lowest BCUT2D eigenvalue weighted by Gasteiger charge is -2.33. The molecule has 1 aromatic carbocycles. The van der Waals surface area contributed by atoms with Crippen LogP contribution in [0.25, 0.3) is 0 Å². The van der Waals surface area contributed by atoms with Gasteiger partial charge in [-0.25, -0.2) is 4.39 Å². The van der Waals surface area contributed by atoms with Gasteiger partial charge in [0.25, 0.3) is 11.8 Å². The fourth-order valence-electron chi connectivity index (χ4n) is 3.89. The predicted octanol–water partition coefficient (Wildman–Crippen LogP) is 4.00. The van der Waals surface area contributed by atoms with Gasteiger partial charge in [-0.15, -0.1) is 0 Å². The van der Waals surface area contributed by atoms with Gasteiger partial charge in [0.2, 0.25) is 0 Å². The molecule has 2 aromatic heterocycles. The highest BCUT2D eigenvalue weighted by Crippen LogP contribution is 2.26. The predicted molar refractivity (Wildman–Crippen MR) is 127 cm³/mol. The zero-order valence-corrected chi connectivity index (χ0v) is 19.4. The summed E-state index contributed by atoms with van der Waals surface area (Å²) < 4.78 is 14.1. The minimum absolute atomic E-state index is 0.103. The van der Waals surface area contributed by atoms with Gasteiger partial charge in [0.1, 0.15) is 11.5 Å². The summed E-state index contributed by atoms with van der Waals surface area (Å²) in [6.45, 7) is 2.51. The molecule has 2 amide bonds. The number of halogens is 2. The molecule has 0 saturated carbocycles. The Balaban J connectivity index is 1.25. The summed E-state index contributed by atoms with van der Waals surface area (Å²) in [4.78, 5) is 31.3. The number of anilines is 2. The number of carbonyl (C=O) groups excluding carboxylic acids is 2. The molecule has 1 aliphatic rings. The molecule has 0 unspecified atom stereocenters. The van der Waals surface area contributed by atoms with E-state index in [2.05, 4.69) is 46.6 Å². The number of carbonyl (C=O) groups is 2. The third-order valence-electron chi connectivity index (χ3n) is 5.76. The Bertz CT molecular complexity index is 1120. The van der Waals surface area contributed by atoms with E-state index in [9.17, 15) is 14.0 Å². The number of rotatable bonds is 7. The number of aromatic amines is 1. The first-order chi connectivity index (χ1) is 16.0. The quantitative estimate of drug-likeness (QED) is 0.442. The molecule has 172 valence electrons. The summed E-state index contributed by atoms with van der Waals surface area (Å²) in [7, 11) is 0. The number of hydrogen-bond acceptors (Lipinski definition) is 5. The Morgan fingerprint density at radius 1 is 1.12 bits per heavy atom. The summed E-state index contributed by atoms with van der Waals surface area (Å²) >= 11 is 3.30. The molecular weight excluding hydrogens is 491 g/mol. The molecule has 3 N–H and O–H groups in total. The molecule has 0 spiro atoms. The Labute approximate surface area is 199 Å². The van der Waals surface area contributed by atoms with E-state index < -0.39 is 11.7 Å². The summed E-state index contributed by atoms with van der Waals surface area (Å²) in [5.41, 5.74) is 1.29. The van der Waals surface area contributed by atoms with Crippen molar-refractivity contribution in [2.45, 2.75) is 19.3 Å². The number of nitrogens with one attached hydrogen (secondary N) is 3. The molecule has 1 aliphatic heterocycles. The van der Waals surface area contributed by atoms with Crippen LogP contribution in [-0.2, 0) is 0 Å². The number of aromatic nitrogens is 3. The van der Waals surface area contributed by atoms with Crippen molar-refractivity contribution < 1.29 is 14.0 Å². The third kappa shape index (κ3) is 5.57. The average molecular weight is 515 g/mol. The Morgan fingerprint density at radius 2 is 1.85 bits per heavy atom. The zero-order valence-electron chi connectivity index (χ0n) is 17.9. The van der Waals surface area contributed by atoms with Crippen LogP contribution in [0.3, 0.4) is 0 Å². The van der Waals surface area contributed by atoms with Crippen molar-refractivity contribution in [2.24, 2.45) is 5.92 Å². The van der Waals surface area contributed by atoms with Crippen LogP contribution in [0.5, 0.6) is 0 Å². The number of H-pyrrole nitrogens is 1. The maximum Gasteiger partial charge on any atom is 0.270 e. The van der Waals surface area contributed by atoms with Gasteiger partial charge in [-0.1, -0.05) is 12.1 Å². The summed E-state index contributed by atoms with van der Waals surface area (Å²) in [6, 6.07) is 9.70. The van der Waals surface area contributed by atoms with Crippen LogP contribution in [0, 0.1) is 11.7 Å². The van der Waals surface area contributed by atoms with Gasteiger partial charge >= 0.3 is 0 Å². The molecule has 3 heterocycles. The molecule has 0 bridgehead atoms. The monoisotopic (exact) mass is 514 g/mol. The van der Waals surface area contributed by atoms with Crippen molar-refractivity contribution >= 4 is 39.2 Å². The molecule has 1 fully saturated rings.